The molecule has 238 valence electrons. The van der Waals surface area contributed by atoms with Crippen LogP contribution in [-0.2, 0) is 34.5 Å². The fourth-order valence-corrected chi connectivity index (χ4v) is 12.1. The Labute approximate surface area is 266 Å². The van der Waals surface area contributed by atoms with Gasteiger partial charge in [0.1, 0.15) is 6.61 Å². The number of esters is 1. The van der Waals surface area contributed by atoms with Crippen molar-refractivity contribution in [1.82, 2.24) is 9.78 Å². The van der Waals surface area contributed by atoms with Crippen molar-refractivity contribution in [1.29, 1.82) is 0 Å². The maximum atomic E-state index is 14.3. The van der Waals surface area contributed by atoms with Crippen molar-refractivity contribution in [2.45, 2.75) is 132 Å². The molecule has 1 aromatic carbocycles. The van der Waals surface area contributed by atoms with Gasteiger partial charge in [0.25, 0.3) is 0 Å². The molecule has 0 radical (unpaired) electrons. The Morgan fingerprint density at radius 3 is 2.41 bits per heavy atom. The fourth-order valence-electron chi connectivity index (χ4n) is 12.1. The van der Waals surface area contributed by atoms with Crippen LogP contribution in [0.2, 0.25) is 0 Å². The number of aromatic nitrogens is 2. The topological polar surface area (TPSA) is 44.1 Å². The van der Waals surface area contributed by atoms with Crippen molar-refractivity contribution < 1.29 is 9.53 Å². The van der Waals surface area contributed by atoms with Gasteiger partial charge in [0, 0.05) is 18.2 Å². The van der Waals surface area contributed by atoms with Crippen LogP contribution in [0.5, 0.6) is 0 Å². The summed E-state index contributed by atoms with van der Waals surface area (Å²) in [6.07, 6.45) is 15.0. The third-order valence-corrected chi connectivity index (χ3v) is 14.7. The van der Waals surface area contributed by atoms with Crippen molar-refractivity contribution >= 4 is 5.97 Å². The summed E-state index contributed by atoms with van der Waals surface area (Å²) in [5.41, 5.74) is 5.98. The van der Waals surface area contributed by atoms with Gasteiger partial charge in [-0.15, -0.1) is 0 Å². The molecule has 0 amide bonds. The molecule has 5 aliphatic carbocycles. The van der Waals surface area contributed by atoms with Gasteiger partial charge < -0.3 is 4.74 Å². The Morgan fingerprint density at radius 1 is 0.955 bits per heavy atom. The van der Waals surface area contributed by atoms with Crippen molar-refractivity contribution in [3.05, 3.63) is 65.0 Å². The Kier molecular flexibility index (Phi) is 6.76. The van der Waals surface area contributed by atoms with Crippen LogP contribution in [-0.4, -0.2) is 15.7 Å². The first-order valence-electron chi connectivity index (χ1n) is 17.7. The van der Waals surface area contributed by atoms with Crippen LogP contribution in [0.1, 0.15) is 124 Å². The van der Waals surface area contributed by atoms with Crippen LogP contribution in [0.4, 0.5) is 0 Å². The summed E-state index contributed by atoms with van der Waals surface area (Å²) in [4.78, 5) is 14.3. The number of benzene rings is 1. The van der Waals surface area contributed by atoms with Gasteiger partial charge in [-0.25, -0.2) is 0 Å². The summed E-state index contributed by atoms with van der Waals surface area (Å²) in [7, 11) is 0. The third-order valence-electron chi connectivity index (χ3n) is 14.7. The second-order valence-corrected chi connectivity index (χ2v) is 17.7. The Balaban J connectivity index is 1.26. The zero-order chi connectivity index (χ0) is 31.3. The van der Waals surface area contributed by atoms with Crippen LogP contribution >= 0.6 is 0 Å². The van der Waals surface area contributed by atoms with E-state index >= 15 is 0 Å². The largest absolute Gasteiger partial charge is 0.460 e. The number of carbonyl (C=O) groups is 1. The lowest BCUT2D eigenvalue weighted by Crippen LogP contribution is -2.64. The molecule has 1 aromatic heterocycles. The minimum atomic E-state index is -0.392. The number of ether oxygens (including phenoxy) is 1. The molecule has 3 saturated carbocycles. The monoisotopic (exact) mass is 596 g/mol. The number of aryl methyl sites for hydroxylation is 1. The minimum Gasteiger partial charge on any atom is -0.460 e. The summed E-state index contributed by atoms with van der Waals surface area (Å²) in [6, 6.07) is 10.2. The lowest BCUT2D eigenvalue weighted by molar-refractivity contribution is -0.182. The van der Waals surface area contributed by atoms with E-state index in [9.17, 15) is 4.79 Å². The second kappa shape index (κ2) is 9.82. The highest BCUT2D eigenvalue weighted by Gasteiger charge is 2.69. The van der Waals surface area contributed by atoms with Crippen LogP contribution in [0.25, 0.3) is 0 Å². The highest BCUT2D eigenvalue weighted by atomic mass is 16.5. The highest BCUT2D eigenvalue weighted by molar-refractivity contribution is 5.79. The zero-order valence-electron chi connectivity index (χ0n) is 28.8. The molecule has 0 spiro atoms. The summed E-state index contributed by atoms with van der Waals surface area (Å²) in [5, 5.41) is 5.12. The SMILES string of the molecule is CCn1cc2c(n1)C(C)(C)[C@@H]1CC[C@]3(C)[C@H](CC=C4[C@@H]5CC(C)(C)CC[C@]5(C(=O)OCc5ccccc5)CC[C@]43C)[C@@]1(C)C2. The molecular weight excluding hydrogens is 540 g/mol. The van der Waals surface area contributed by atoms with E-state index in [0.29, 0.717) is 18.4 Å². The fraction of sp³-hybridized carbons (Fsp3) is 0.700. The lowest BCUT2D eigenvalue weighted by atomic mass is 9.33. The molecule has 7 atom stereocenters. The molecule has 1 heterocycles. The Hall–Kier alpha value is -2.36. The first kappa shape index (κ1) is 30.3. The molecule has 7 rings (SSSR count). The Morgan fingerprint density at radius 2 is 1.68 bits per heavy atom. The van der Waals surface area contributed by atoms with Crippen LogP contribution in [0.15, 0.2) is 48.2 Å². The molecule has 4 heteroatoms. The highest BCUT2D eigenvalue weighted by Crippen LogP contribution is 2.75. The van der Waals surface area contributed by atoms with Gasteiger partial charge in [0.05, 0.1) is 11.1 Å². The van der Waals surface area contributed by atoms with Crippen molar-refractivity contribution in [2.24, 2.45) is 44.8 Å². The summed E-state index contributed by atoms with van der Waals surface area (Å²) < 4.78 is 8.40. The molecule has 2 aromatic rings. The first-order valence-corrected chi connectivity index (χ1v) is 17.7. The van der Waals surface area contributed by atoms with Crippen LogP contribution in [0, 0.1) is 44.8 Å². The average molecular weight is 597 g/mol. The number of fused-ring (bicyclic) bond motifs is 8. The maximum absolute atomic E-state index is 14.3. The number of rotatable bonds is 4. The molecule has 4 nitrogen and oxygen atoms in total. The van der Waals surface area contributed by atoms with Gasteiger partial charge in [-0.3, -0.25) is 9.48 Å². The van der Waals surface area contributed by atoms with E-state index in [4.69, 9.17) is 9.84 Å². The van der Waals surface area contributed by atoms with Gasteiger partial charge in [-0.2, -0.15) is 5.10 Å². The van der Waals surface area contributed by atoms with E-state index < -0.39 is 5.41 Å². The maximum Gasteiger partial charge on any atom is 0.313 e. The van der Waals surface area contributed by atoms with E-state index in [1.807, 2.05) is 18.2 Å². The van der Waals surface area contributed by atoms with Crippen LogP contribution < -0.4 is 0 Å². The quantitative estimate of drug-likeness (QED) is 0.261. The number of nitrogens with zero attached hydrogens (tertiary/aromatic N) is 2. The molecule has 0 saturated heterocycles. The third kappa shape index (κ3) is 4.07. The zero-order valence-corrected chi connectivity index (χ0v) is 28.8. The molecule has 0 N–H and O–H groups in total. The number of allylic oxidation sites excluding steroid dienone is 2. The lowest BCUT2D eigenvalue weighted by Gasteiger charge is -2.70. The predicted octanol–water partition coefficient (Wildman–Crippen LogP) is 9.46. The molecule has 3 fully saturated rings. The van der Waals surface area contributed by atoms with Gasteiger partial charge in [-0.05, 0) is 115 Å². The normalized spacial score (nSPS) is 39.9. The minimum absolute atomic E-state index is 0.0576. The van der Waals surface area contributed by atoms with Crippen molar-refractivity contribution in [2.75, 3.05) is 0 Å². The van der Waals surface area contributed by atoms with E-state index in [1.165, 1.54) is 24.1 Å². The van der Waals surface area contributed by atoms with E-state index in [-0.39, 0.29) is 39.0 Å². The summed E-state index contributed by atoms with van der Waals surface area (Å²) >= 11 is 0. The number of carbonyl (C=O) groups excluding carboxylic acids is 1. The van der Waals surface area contributed by atoms with Gasteiger partial charge in [0.2, 0.25) is 0 Å². The average Bonchev–Trinajstić information content (AvgIpc) is 3.40. The first-order chi connectivity index (χ1) is 20.7. The molecule has 0 unspecified atom stereocenters. The molecule has 5 aliphatic rings. The standard InChI is InChI=1S/C40H56N2O2/c1-9-42-25-28-23-37(6)31(36(4,5)33(28)41-42)17-18-39(8)32(37)16-15-29-30-24-35(2,3)19-21-40(30,22-20-38(29,39)7)34(43)44-26-27-13-11-10-12-14-27/h10-15,25,30-32H,9,16-24,26H2,1-8H3/t30-,31-,32+,37-,38+,39+,40-/m0/s1. The van der Waals surface area contributed by atoms with Crippen molar-refractivity contribution in [3.63, 3.8) is 0 Å². The van der Waals surface area contributed by atoms with E-state index in [0.717, 1.165) is 57.1 Å². The second-order valence-electron chi connectivity index (χ2n) is 17.7. The van der Waals surface area contributed by atoms with Gasteiger partial charge >= 0.3 is 5.97 Å². The smallest absolute Gasteiger partial charge is 0.313 e. The summed E-state index contributed by atoms with van der Waals surface area (Å²) in [5.74, 6) is 1.58. The predicted molar refractivity (Wildman–Crippen MR) is 177 cm³/mol. The van der Waals surface area contributed by atoms with Gasteiger partial charge in [0.15, 0.2) is 0 Å². The van der Waals surface area contributed by atoms with Crippen LogP contribution in [0.3, 0.4) is 0 Å². The molecule has 0 bridgehead atoms. The van der Waals surface area contributed by atoms with Crippen molar-refractivity contribution in [3.8, 4) is 0 Å². The van der Waals surface area contributed by atoms with E-state index in [1.54, 1.807) is 5.57 Å². The molecular formula is C40H56N2O2. The molecule has 44 heavy (non-hydrogen) atoms. The number of hydrogen-bond acceptors (Lipinski definition) is 3. The molecule has 0 aliphatic heterocycles. The van der Waals surface area contributed by atoms with Gasteiger partial charge in [-0.1, -0.05) is 90.4 Å². The summed E-state index contributed by atoms with van der Waals surface area (Å²) in [6.45, 7) is 21.3. The van der Waals surface area contributed by atoms with E-state index in [2.05, 4.69) is 84.5 Å². The number of hydrogen-bond donors (Lipinski definition) is 0. The Bertz CT molecular complexity index is 1480.